The van der Waals surface area contributed by atoms with Gasteiger partial charge in [0.25, 0.3) is 5.91 Å². The molecule has 1 fully saturated rings. The van der Waals surface area contributed by atoms with Crippen LogP contribution in [0.4, 0.5) is 0 Å². The van der Waals surface area contributed by atoms with Gasteiger partial charge in [-0.15, -0.1) is 0 Å². The van der Waals surface area contributed by atoms with E-state index >= 15 is 0 Å². The number of carbonyl (C=O) groups is 1. The molecule has 0 saturated carbocycles. The standard InChI is InChI=1S/C20H26N2O2S/c1-25-15-16-7-9-17(10-8-16)20(23)21-14-18(19-6-5-13-24-19)22-11-3-2-4-12-22/h5-10,13,18H,2-4,11-12,14-15H2,1H3,(H,21,23). The lowest BCUT2D eigenvalue weighted by Gasteiger charge is -2.33. The molecule has 0 aliphatic carbocycles. The third-order valence-corrected chi connectivity index (χ3v) is 5.31. The largest absolute Gasteiger partial charge is 0.468 e. The number of hydrogen-bond donors (Lipinski definition) is 1. The number of nitrogens with zero attached hydrogens (tertiary/aromatic N) is 1. The SMILES string of the molecule is CSCc1ccc(C(=O)NCC(c2ccco2)N2CCCCC2)cc1. The average Bonchev–Trinajstić information content (AvgIpc) is 3.18. The number of nitrogens with one attached hydrogen (secondary N) is 1. The average molecular weight is 359 g/mol. The second-order valence-corrected chi connectivity index (χ2v) is 7.33. The molecule has 1 aromatic heterocycles. The maximum atomic E-state index is 12.5. The van der Waals surface area contributed by atoms with Crippen LogP contribution in [0.1, 0.15) is 47.0 Å². The minimum Gasteiger partial charge on any atom is -0.468 e. The molecule has 1 unspecified atom stereocenters. The van der Waals surface area contributed by atoms with Gasteiger partial charge < -0.3 is 9.73 Å². The van der Waals surface area contributed by atoms with E-state index in [1.165, 1.54) is 24.8 Å². The molecule has 134 valence electrons. The zero-order chi connectivity index (χ0) is 17.5. The predicted molar refractivity (Wildman–Crippen MR) is 103 cm³/mol. The number of hydrogen-bond acceptors (Lipinski definition) is 4. The van der Waals surface area contributed by atoms with Gasteiger partial charge in [-0.1, -0.05) is 18.6 Å². The Balaban J connectivity index is 1.62. The van der Waals surface area contributed by atoms with E-state index in [1.54, 1.807) is 18.0 Å². The third-order valence-electron chi connectivity index (χ3n) is 4.69. The molecule has 0 bridgehead atoms. The first-order valence-electron chi connectivity index (χ1n) is 8.91. The van der Waals surface area contributed by atoms with Crippen molar-refractivity contribution in [3.8, 4) is 0 Å². The maximum Gasteiger partial charge on any atom is 0.251 e. The molecule has 2 heterocycles. The van der Waals surface area contributed by atoms with Crippen molar-refractivity contribution in [3.63, 3.8) is 0 Å². The van der Waals surface area contributed by atoms with Gasteiger partial charge in [0.2, 0.25) is 0 Å². The minimum absolute atomic E-state index is 0.0238. The summed E-state index contributed by atoms with van der Waals surface area (Å²) in [6.45, 7) is 2.69. The second kappa shape index (κ2) is 9.11. The summed E-state index contributed by atoms with van der Waals surface area (Å²) in [5.41, 5.74) is 1.95. The lowest BCUT2D eigenvalue weighted by molar-refractivity contribution is 0.0914. The lowest BCUT2D eigenvalue weighted by Crippen LogP contribution is -2.40. The smallest absolute Gasteiger partial charge is 0.251 e. The molecule has 0 radical (unpaired) electrons. The van der Waals surface area contributed by atoms with E-state index in [9.17, 15) is 4.79 Å². The number of furan rings is 1. The van der Waals surface area contributed by atoms with Gasteiger partial charge in [0.1, 0.15) is 5.76 Å². The van der Waals surface area contributed by atoms with E-state index < -0.39 is 0 Å². The third kappa shape index (κ3) is 4.89. The summed E-state index contributed by atoms with van der Waals surface area (Å²) in [5.74, 6) is 1.87. The summed E-state index contributed by atoms with van der Waals surface area (Å²) in [6, 6.07) is 11.9. The highest BCUT2D eigenvalue weighted by atomic mass is 32.2. The summed E-state index contributed by atoms with van der Waals surface area (Å²) in [6.07, 6.45) is 7.49. The molecule has 3 rings (SSSR count). The van der Waals surface area contributed by atoms with Gasteiger partial charge in [-0.25, -0.2) is 0 Å². The van der Waals surface area contributed by atoms with Crippen molar-refractivity contribution in [2.24, 2.45) is 0 Å². The Labute approximate surface area is 154 Å². The van der Waals surface area contributed by atoms with Crippen molar-refractivity contribution < 1.29 is 9.21 Å². The Morgan fingerprint density at radius 1 is 1.20 bits per heavy atom. The molecule has 4 nitrogen and oxygen atoms in total. The maximum absolute atomic E-state index is 12.5. The number of carbonyl (C=O) groups excluding carboxylic acids is 1. The molecule has 1 aromatic carbocycles. The van der Waals surface area contributed by atoms with Crippen LogP contribution in [0.15, 0.2) is 47.1 Å². The summed E-state index contributed by atoms with van der Waals surface area (Å²) in [5, 5.41) is 3.09. The molecule has 1 amide bonds. The van der Waals surface area contributed by atoms with E-state index in [1.807, 2.05) is 36.4 Å². The van der Waals surface area contributed by atoms with Crippen LogP contribution in [0, 0.1) is 0 Å². The van der Waals surface area contributed by atoms with Crippen LogP contribution in [0.3, 0.4) is 0 Å². The molecule has 0 spiro atoms. The van der Waals surface area contributed by atoms with E-state index in [4.69, 9.17) is 4.42 Å². The molecule has 1 N–H and O–H groups in total. The van der Waals surface area contributed by atoms with Crippen LogP contribution >= 0.6 is 11.8 Å². The van der Waals surface area contributed by atoms with Crippen LogP contribution in [0.2, 0.25) is 0 Å². The van der Waals surface area contributed by atoms with Crippen LogP contribution in [-0.4, -0.2) is 36.7 Å². The van der Waals surface area contributed by atoms with Gasteiger partial charge in [0, 0.05) is 17.9 Å². The highest BCUT2D eigenvalue weighted by Crippen LogP contribution is 2.24. The number of amides is 1. The molecule has 1 saturated heterocycles. The second-order valence-electron chi connectivity index (χ2n) is 6.47. The number of benzene rings is 1. The highest BCUT2D eigenvalue weighted by Gasteiger charge is 2.25. The zero-order valence-electron chi connectivity index (χ0n) is 14.7. The number of rotatable bonds is 7. The fourth-order valence-electron chi connectivity index (χ4n) is 3.33. The minimum atomic E-state index is -0.0238. The van der Waals surface area contributed by atoms with Crippen molar-refractivity contribution in [2.45, 2.75) is 31.1 Å². The predicted octanol–water partition coefficient (Wildman–Crippen LogP) is 4.10. The van der Waals surface area contributed by atoms with Crippen molar-refractivity contribution in [1.82, 2.24) is 10.2 Å². The monoisotopic (exact) mass is 358 g/mol. The Kier molecular flexibility index (Phi) is 6.59. The van der Waals surface area contributed by atoms with Crippen LogP contribution < -0.4 is 5.32 Å². The summed E-state index contributed by atoms with van der Waals surface area (Å²) in [7, 11) is 0. The molecule has 1 aliphatic heterocycles. The fourth-order valence-corrected chi connectivity index (χ4v) is 3.86. The topological polar surface area (TPSA) is 45.5 Å². The van der Waals surface area contributed by atoms with E-state index in [-0.39, 0.29) is 11.9 Å². The summed E-state index contributed by atoms with van der Waals surface area (Å²) >= 11 is 1.78. The Hall–Kier alpha value is -1.72. The number of piperidine rings is 1. The van der Waals surface area contributed by atoms with Crippen molar-refractivity contribution >= 4 is 17.7 Å². The van der Waals surface area contributed by atoms with Crippen LogP contribution in [0.25, 0.3) is 0 Å². The van der Waals surface area contributed by atoms with Gasteiger partial charge in [-0.2, -0.15) is 11.8 Å². The first kappa shape index (κ1) is 18.1. The summed E-state index contributed by atoms with van der Waals surface area (Å²) < 4.78 is 5.63. The Morgan fingerprint density at radius 2 is 1.96 bits per heavy atom. The highest BCUT2D eigenvalue weighted by molar-refractivity contribution is 7.97. The van der Waals surface area contributed by atoms with E-state index in [2.05, 4.69) is 16.5 Å². The first-order valence-corrected chi connectivity index (χ1v) is 10.3. The molecular formula is C20H26N2O2S. The molecule has 2 aromatic rings. The van der Waals surface area contributed by atoms with Crippen molar-refractivity contribution in [2.75, 3.05) is 25.9 Å². The van der Waals surface area contributed by atoms with Crippen LogP contribution in [-0.2, 0) is 5.75 Å². The summed E-state index contributed by atoms with van der Waals surface area (Å²) in [4.78, 5) is 14.9. The number of likely N-dealkylation sites (tertiary alicyclic amines) is 1. The van der Waals surface area contributed by atoms with E-state index in [0.717, 1.165) is 24.6 Å². The Morgan fingerprint density at radius 3 is 2.60 bits per heavy atom. The van der Waals surface area contributed by atoms with Gasteiger partial charge in [-0.3, -0.25) is 9.69 Å². The quantitative estimate of drug-likeness (QED) is 0.809. The van der Waals surface area contributed by atoms with Crippen molar-refractivity contribution in [1.29, 1.82) is 0 Å². The molecule has 1 aliphatic rings. The lowest BCUT2D eigenvalue weighted by atomic mass is 10.1. The van der Waals surface area contributed by atoms with Gasteiger partial charge in [-0.05, 0) is 62.0 Å². The zero-order valence-corrected chi connectivity index (χ0v) is 15.6. The Bertz CT molecular complexity index is 649. The molecule has 25 heavy (non-hydrogen) atoms. The molecule has 1 atom stereocenters. The number of thioether (sulfide) groups is 1. The molecule has 5 heteroatoms. The van der Waals surface area contributed by atoms with Crippen LogP contribution in [0.5, 0.6) is 0 Å². The fraction of sp³-hybridized carbons (Fsp3) is 0.450. The van der Waals surface area contributed by atoms with Crippen molar-refractivity contribution in [3.05, 3.63) is 59.5 Å². The van der Waals surface area contributed by atoms with Gasteiger partial charge in [0.05, 0.1) is 12.3 Å². The van der Waals surface area contributed by atoms with Gasteiger partial charge >= 0.3 is 0 Å². The van der Waals surface area contributed by atoms with E-state index in [0.29, 0.717) is 12.1 Å². The van der Waals surface area contributed by atoms with Gasteiger partial charge in [0.15, 0.2) is 0 Å². The first-order chi connectivity index (χ1) is 12.3. The normalized spacial score (nSPS) is 16.5. The molecular weight excluding hydrogens is 332 g/mol.